The summed E-state index contributed by atoms with van der Waals surface area (Å²) in [5.74, 6) is -0.890. The molecule has 0 spiro atoms. The molecular formula is C29H32BrCl2N3O4S. The van der Waals surface area contributed by atoms with Gasteiger partial charge in [0.2, 0.25) is 11.8 Å². The Labute approximate surface area is 254 Å². The van der Waals surface area contributed by atoms with Gasteiger partial charge in [-0.05, 0) is 75.2 Å². The van der Waals surface area contributed by atoms with Gasteiger partial charge < -0.3 is 10.2 Å². The van der Waals surface area contributed by atoms with Crippen molar-refractivity contribution >= 4 is 66.7 Å². The summed E-state index contributed by atoms with van der Waals surface area (Å²) in [5.41, 5.74) is 1.84. The van der Waals surface area contributed by atoms with Crippen molar-refractivity contribution in [2.45, 2.75) is 57.6 Å². The standard InChI is InChI=1S/C29H32BrCl2N3O4S/c1-5-20(3)33-29(37)21(4)34(17-22-8-10-23(30)11-9-22)28(36)18-35(24-12-15-26(31)27(32)16-24)40(38,39)25-13-6-19(2)7-14-25/h6-16,20-21H,5,17-18H2,1-4H3,(H,33,37)/t20-,21-/m1/s1. The number of halogens is 3. The van der Waals surface area contributed by atoms with Gasteiger partial charge in [-0.25, -0.2) is 8.42 Å². The Morgan fingerprint density at radius 1 is 0.950 bits per heavy atom. The number of carbonyl (C=O) groups excluding carboxylic acids is 2. The summed E-state index contributed by atoms with van der Waals surface area (Å²) >= 11 is 15.7. The second-order valence-electron chi connectivity index (χ2n) is 9.57. The molecule has 7 nitrogen and oxygen atoms in total. The average molecular weight is 669 g/mol. The van der Waals surface area contributed by atoms with Crippen molar-refractivity contribution in [1.29, 1.82) is 0 Å². The maximum absolute atomic E-state index is 14.0. The smallest absolute Gasteiger partial charge is 0.264 e. The molecule has 0 saturated carbocycles. The molecule has 11 heteroatoms. The quantitative estimate of drug-likeness (QED) is 0.250. The summed E-state index contributed by atoms with van der Waals surface area (Å²) in [5, 5.41) is 3.30. The van der Waals surface area contributed by atoms with Gasteiger partial charge in [0.25, 0.3) is 10.0 Å². The fourth-order valence-corrected chi connectivity index (χ4v) is 5.80. The number of rotatable bonds is 11. The van der Waals surface area contributed by atoms with Gasteiger partial charge in [-0.3, -0.25) is 13.9 Å². The van der Waals surface area contributed by atoms with Crippen LogP contribution >= 0.6 is 39.1 Å². The summed E-state index contributed by atoms with van der Waals surface area (Å²) in [6, 6.07) is 17.1. The van der Waals surface area contributed by atoms with E-state index in [1.165, 1.54) is 35.2 Å². The van der Waals surface area contributed by atoms with Crippen molar-refractivity contribution < 1.29 is 18.0 Å². The summed E-state index contributed by atoms with van der Waals surface area (Å²) in [6.07, 6.45) is 0.721. The van der Waals surface area contributed by atoms with Gasteiger partial charge in [-0.1, -0.05) is 75.9 Å². The van der Waals surface area contributed by atoms with Crippen molar-refractivity contribution in [3.63, 3.8) is 0 Å². The van der Waals surface area contributed by atoms with Gasteiger partial charge >= 0.3 is 0 Å². The van der Waals surface area contributed by atoms with Crippen molar-refractivity contribution in [3.05, 3.63) is 92.4 Å². The SMILES string of the molecule is CC[C@@H](C)NC(=O)[C@@H](C)N(Cc1ccc(Br)cc1)C(=O)CN(c1ccc(Cl)c(Cl)c1)S(=O)(=O)c1ccc(C)cc1. The molecule has 0 aliphatic carbocycles. The number of aryl methyl sites for hydroxylation is 1. The lowest BCUT2D eigenvalue weighted by Gasteiger charge is -2.32. The van der Waals surface area contributed by atoms with Crippen LogP contribution in [0.1, 0.15) is 38.3 Å². The Hall–Kier alpha value is -2.59. The van der Waals surface area contributed by atoms with Crippen LogP contribution in [0.5, 0.6) is 0 Å². The van der Waals surface area contributed by atoms with E-state index in [1.54, 1.807) is 19.1 Å². The topological polar surface area (TPSA) is 86.8 Å². The van der Waals surface area contributed by atoms with Crippen LogP contribution in [0, 0.1) is 6.92 Å². The summed E-state index contributed by atoms with van der Waals surface area (Å²) in [6.45, 7) is 6.85. The molecule has 0 aliphatic rings. The van der Waals surface area contributed by atoms with Crippen LogP contribution in [0.3, 0.4) is 0 Å². The third-order valence-corrected chi connectivity index (χ3v) is 9.57. The molecule has 0 bridgehead atoms. The highest BCUT2D eigenvalue weighted by Gasteiger charge is 2.33. The number of carbonyl (C=O) groups is 2. The van der Waals surface area contributed by atoms with E-state index in [1.807, 2.05) is 45.0 Å². The molecule has 0 radical (unpaired) electrons. The largest absolute Gasteiger partial charge is 0.352 e. The molecule has 0 unspecified atom stereocenters. The van der Waals surface area contributed by atoms with E-state index >= 15 is 0 Å². The third kappa shape index (κ3) is 8.00. The van der Waals surface area contributed by atoms with Crippen LogP contribution in [-0.2, 0) is 26.2 Å². The predicted molar refractivity (Wildman–Crippen MR) is 164 cm³/mol. The lowest BCUT2D eigenvalue weighted by Crippen LogP contribution is -2.52. The number of hydrogen-bond donors (Lipinski definition) is 1. The zero-order valence-corrected chi connectivity index (χ0v) is 26.6. The van der Waals surface area contributed by atoms with Crippen molar-refractivity contribution in [2.75, 3.05) is 10.8 Å². The Bertz CT molecular complexity index is 1450. The minimum atomic E-state index is -4.20. The minimum absolute atomic E-state index is 0.0130. The first-order chi connectivity index (χ1) is 18.8. The molecule has 0 aromatic heterocycles. The van der Waals surface area contributed by atoms with E-state index < -0.39 is 28.5 Å². The molecule has 3 aromatic rings. The van der Waals surface area contributed by atoms with Crippen molar-refractivity contribution in [1.82, 2.24) is 10.2 Å². The highest BCUT2D eigenvalue weighted by molar-refractivity contribution is 9.10. The van der Waals surface area contributed by atoms with Gasteiger partial charge in [0.05, 0.1) is 20.6 Å². The number of hydrogen-bond acceptors (Lipinski definition) is 4. The van der Waals surface area contributed by atoms with E-state index in [9.17, 15) is 18.0 Å². The first kappa shape index (κ1) is 31.9. The molecule has 3 aromatic carbocycles. The summed E-state index contributed by atoms with van der Waals surface area (Å²) in [7, 11) is -4.20. The number of benzene rings is 3. The zero-order chi connectivity index (χ0) is 29.6. The fraction of sp³-hybridized carbons (Fsp3) is 0.310. The summed E-state index contributed by atoms with van der Waals surface area (Å²) < 4.78 is 29.6. The molecule has 0 fully saturated rings. The number of nitrogens with zero attached hydrogens (tertiary/aromatic N) is 2. The fourth-order valence-electron chi connectivity index (χ4n) is 3.84. The number of amides is 2. The normalized spacial score (nSPS) is 12.9. The van der Waals surface area contributed by atoms with Gasteiger partial charge in [0, 0.05) is 17.1 Å². The predicted octanol–water partition coefficient (Wildman–Crippen LogP) is 6.59. The lowest BCUT2D eigenvalue weighted by molar-refractivity contribution is -0.139. The highest BCUT2D eigenvalue weighted by atomic mass is 79.9. The van der Waals surface area contributed by atoms with Gasteiger partial charge in [-0.15, -0.1) is 0 Å². The molecule has 3 rings (SSSR count). The molecule has 2 atom stereocenters. The lowest BCUT2D eigenvalue weighted by atomic mass is 10.1. The van der Waals surface area contributed by atoms with E-state index in [4.69, 9.17) is 23.2 Å². The van der Waals surface area contributed by atoms with Gasteiger partial charge in [-0.2, -0.15) is 0 Å². The Balaban J connectivity index is 2.04. The monoisotopic (exact) mass is 667 g/mol. The van der Waals surface area contributed by atoms with E-state index in [0.717, 1.165) is 26.3 Å². The Morgan fingerprint density at radius 2 is 1.57 bits per heavy atom. The maximum Gasteiger partial charge on any atom is 0.264 e. The van der Waals surface area contributed by atoms with Gasteiger partial charge in [0.15, 0.2) is 0 Å². The minimum Gasteiger partial charge on any atom is -0.352 e. The van der Waals surface area contributed by atoms with E-state index in [2.05, 4.69) is 21.2 Å². The number of sulfonamides is 1. The van der Waals surface area contributed by atoms with Crippen LogP contribution < -0.4 is 9.62 Å². The maximum atomic E-state index is 14.0. The van der Waals surface area contributed by atoms with E-state index in [0.29, 0.717) is 0 Å². The Kier molecular flexibility index (Phi) is 11.1. The van der Waals surface area contributed by atoms with Crippen LogP contribution in [0.15, 0.2) is 76.1 Å². The number of nitrogens with one attached hydrogen (secondary N) is 1. The molecule has 0 saturated heterocycles. The molecule has 0 heterocycles. The molecule has 214 valence electrons. The average Bonchev–Trinajstić information content (AvgIpc) is 2.92. The van der Waals surface area contributed by atoms with Crippen LogP contribution in [0.2, 0.25) is 10.0 Å². The molecular weight excluding hydrogens is 637 g/mol. The highest BCUT2D eigenvalue weighted by Crippen LogP contribution is 2.31. The third-order valence-electron chi connectivity index (χ3n) is 6.51. The molecule has 2 amide bonds. The first-order valence-corrected chi connectivity index (χ1v) is 15.7. The summed E-state index contributed by atoms with van der Waals surface area (Å²) in [4.78, 5) is 28.5. The van der Waals surface area contributed by atoms with Crippen LogP contribution in [-0.4, -0.2) is 43.8 Å². The van der Waals surface area contributed by atoms with Crippen LogP contribution in [0.25, 0.3) is 0 Å². The Morgan fingerprint density at radius 3 is 2.15 bits per heavy atom. The number of anilines is 1. The molecule has 0 aliphatic heterocycles. The first-order valence-electron chi connectivity index (χ1n) is 12.7. The van der Waals surface area contributed by atoms with Crippen molar-refractivity contribution in [3.8, 4) is 0 Å². The van der Waals surface area contributed by atoms with Crippen LogP contribution in [0.4, 0.5) is 5.69 Å². The van der Waals surface area contributed by atoms with Gasteiger partial charge in [0.1, 0.15) is 12.6 Å². The second-order valence-corrected chi connectivity index (χ2v) is 13.2. The zero-order valence-electron chi connectivity index (χ0n) is 22.7. The molecule has 40 heavy (non-hydrogen) atoms. The van der Waals surface area contributed by atoms with E-state index in [-0.39, 0.29) is 39.1 Å². The molecule has 1 N–H and O–H groups in total. The van der Waals surface area contributed by atoms with Crippen molar-refractivity contribution in [2.24, 2.45) is 0 Å². The second kappa shape index (κ2) is 13.9.